The van der Waals surface area contributed by atoms with Gasteiger partial charge in [0.2, 0.25) is 0 Å². The zero-order valence-electron chi connectivity index (χ0n) is 13.9. The first-order valence-corrected chi connectivity index (χ1v) is 7.82. The highest BCUT2D eigenvalue weighted by atomic mass is 19.4. The van der Waals surface area contributed by atoms with E-state index in [4.69, 9.17) is 0 Å². The quantitative estimate of drug-likeness (QED) is 0.556. The smallest absolute Gasteiger partial charge is 0.406 e. The Bertz CT molecular complexity index is 929. The molecule has 0 bridgehead atoms. The summed E-state index contributed by atoms with van der Waals surface area (Å²) < 4.78 is 69.4. The van der Waals surface area contributed by atoms with Crippen LogP contribution in [0.25, 0.3) is 22.2 Å². The molecule has 0 unspecified atom stereocenters. The van der Waals surface area contributed by atoms with Crippen LogP contribution < -0.4 is 4.74 Å². The Morgan fingerprint density at radius 2 is 1.81 bits per heavy atom. The van der Waals surface area contributed by atoms with Gasteiger partial charge in [-0.15, -0.1) is 13.2 Å². The van der Waals surface area contributed by atoms with E-state index < -0.39 is 12.8 Å². The molecule has 0 aliphatic carbocycles. The zero-order valence-corrected chi connectivity index (χ0v) is 13.9. The van der Waals surface area contributed by atoms with Crippen LogP contribution in [0.15, 0.2) is 36.7 Å². The first-order valence-electron chi connectivity index (χ1n) is 7.82. The summed E-state index contributed by atoms with van der Waals surface area (Å²) in [6.07, 6.45) is -5.59. The molecule has 0 saturated carbocycles. The number of aryl methyl sites for hydroxylation is 2. The molecule has 3 rings (SSSR count). The van der Waals surface area contributed by atoms with Crippen LogP contribution in [0.5, 0.6) is 5.75 Å². The van der Waals surface area contributed by atoms with Crippen molar-refractivity contribution in [2.45, 2.75) is 26.1 Å². The average Bonchev–Trinajstić information content (AvgIpc) is 2.94. The minimum absolute atomic E-state index is 0.0664. The van der Waals surface area contributed by atoms with Crippen LogP contribution in [0.2, 0.25) is 0 Å². The third-order valence-corrected chi connectivity index (χ3v) is 4.11. The summed E-state index contributed by atoms with van der Waals surface area (Å²) in [5.74, 6) is -0.349. The maximum atomic E-state index is 13.6. The van der Waals surface area contributed by atoms with Crippen molar-refractivity contribution in [2.75, 3.05) is 0 Å². The number of halogens is 5. The van der Waals surface area contributed by atoms with Gasteiger partial charge in [-0.25, -0.2) is 13.8 Å². The van der Waals surface area contributed by atoms with Crippen LogP contribution in [0.3, 0.4) is 0 Å². The molecule has 2 aromatic carbocycles. The maximum Gasteiger partial charge on any atom is 0.573 e. The number of benzene rings is 2. The lowest BCUT2D eigenvalue weighted by molar-refractivity contribution is -0.274. The number of hydrogen-bond acceptors (Lipinski definition) is 2. The summed E-state index contributed by atoms with van der Waals surface area (Å²) in [6.45, 7) is 1.77. The van der Waals surface area contributed by atoms with Gasteiger partial charge in [0.15, 0.2) is 0 Å². The number of alkyl halides is 5. The highest BCUT2D eigenvalue weighted by Crippen LogP contribution is 2.37. The van der Waals surface area contributed by atoms with Gasteiger partial charge in [0.1, 0.15) is 5.75 Å². The lowest BCUT2D eigenvalue weighted by Crippen LogP contribution is -2.16. The van der Waals surface area contributed by atoms with E-state index in [1.165, 1.54) is 35.2 Å². The predicted octanol–water partition coefficient (Wildman–Crippen LogP) is 5.64. The van der Waals surface area contributed by atoms with E-state index in [2.05, 4.69) is 9.72 Å². The minimum Gasteiger partial charge on any atom is -0.406 e. The van der Waals surface area contributed by atoms with Gasteiger partial charge in [-0.3, -0.25) is 0 Å². The average molecular weight is 370 g/mol. The van der Waals surface area contributed by atoms with Crippen LogP contribution in [0.4, 0.5) is 22.0 Å². The SMILES string of the molecule is CCc1cc(-c2ccc(OC(F)(F)F)cc2)c2ncn(C)c2c1C(F)F. The molecule has 0 spiro atoms. The normalized spacial score (nSPS) is 12.2. The van der Waals surface area contributed by atoms with Crippen molar-refractivity contribution < 1.29 is 26.7 Å². The van der Waals surface area contributed by atoms with Crippen molar-refractivity contribution in [1.29, 1.82) is 0 Å². The summed E-state index contributed by atoms with van der Waals surface area (Å²) >= 11 is 0. The number of imidazole rings is 1. The number of aromatic nitrogens is 2. The first kappa shape index (κ1) is 18.2. The molecule has 0 saturated heterocycles. The third-order valence-electron chi connectivity index (χ3n) is 4.11. The van der Waals surface area contributed by atoms with E-state index in [1.54, 1.807) is 20.0 Å². The van der Waals surface area contributed by atoms with Gasteiger partial charge in [0.05, 0.1) is 17.4 Å². The molecule has 0 aliphatic rings. The fraction of sp³-hybridized carbons (Fsp3) is 0.278. The van der Waals surface area contributed by atoms with Crippen molar-refractivity contribution in [3.05, 3.63) is 47.8 Å². The zero-order chi connectivity index (χ0) is 19.1. The van der Waals surface area contributed by atoms with E-state index in [9.17, 15) is 22.0 Å². The molecular weight excluding hydrogens is 355 g/mol. The van der Waals surface area contributed by atoms with Gasteiger partial charge in [0.25, 0.3) is 6.43 Å². The summed E-state index contributed by atoms with van der Waals surface area (Å²) in [5.41, 5.74) is 2.26. The van der Waals surface area contributed by atoms with Crippen molar-refractivity contribution in [3.63, 3.8) is 0 Å². The lowest BCUT2D eigenvalue weighted by Gasteiger charge is -2.14. The maximum absolute atomic E-state index is 13.6. The van der Waals surface area contributed by atoms with Crippen molar-refractivity contribution in [1.82, 2.24) is 9.55 Å². The molecule has 3 nitrogen and oxygen atoms in total. The van der Waals surface area contributed by atoms with Gasteiger partial charge >= 0.3 is 6.36 Å². The molecule has 1 aromatic heterocycles. The third kappa shape index (κ3) is 3.36. The van der Waals surface area contributed by atoms with Crippen LogP contribution in [-0.4, -0.2) is 15.9 Å². The number of hydrogen-bond donors (Lipinski definition) is 0. The van der Waals surface area contributed by atoms with Crippen LogP contribution in [0.1, 0.15) is 24.5 Å². The Morgan fingerprint density at radius 3 is 2.35 bits per heavy atom. The Kier molecular flexibility index (Phi) is 4.60. The molecule has 0 amide bonds. The fourth-order valence-corrected chi connectivity index (χ4v) is 3.01. The monoisotopic (exact) mass is 370 g/mol. The van der Waals surface area contributed by atoms with Crippen molar-refractivity contribution >= 4 is 11.0 Å². The second kappa shape index (κ2) is 6.59. The Balaban J connectivity index is 2.15. The molecule has 8 heteroatoms. The Morgan fingerprint density at radius 1 is 1.15 bits per heavy atom. The minimum atomic E-state index is -4.77. The first-order chi connectivity index (χ1) is 12.2. The highest BCUT2D eigenvalue weighted by Gasteiger charge is 2.31. The number of fused-ring (bicyclic) bond motifs is 1. The molecular formula is C18H15F5N2O. The summed E-state index contributed by atoms with van der Waals surface area (Å²) in [5, 5.41) is 0. The number of rotatable bonds is 4. The van der Waals surface area contributed by atoms with Gasteiger partial charge in [-0.1, -0.05) is 19.1 Å². The Labute approximate surface area is 146 Å². The number of ether oxygens (including phenoxy) is 1. The summed E-state index contributed by atoms with van der Waals surface area (Å²) in [7, 11) is 1.63. The standard InChI is InChI=1S/C18H15F5N2O/c1-3-10-8-13(11-4-6-12(7-5-11)26-18(21,22)23)15-16(14(10)17(19)20)25(2)9-24-15/h4-9,17H,3H2,1-2H3. The van der Waals surface area contributed by atoms with Crippen LogP contribution >= 0.6 is 0 Å². The fourth-order valence-electron chi connectivity index (χ4n) is 3.01. The largest absolute Gasteiger partial charge is 0.573 e. The molecule has 0 atom stereocenters. The molecule has 138 valence electrons. The van der Waals surface area contributed by atoms with E-state index >= 15 is 0 Å². The van der Waals surface area contributed by atoms with E-state index in [-0.39, 0.29) is 11.3 Å². The molecule has 26 heavy (non-hydrogen) atoms. The topological polar surface area (TPSA) is 27.1 Å². The second-order valence-corrected chi connectivity index (χ2v) is 5.78. The van der Waals surface area contributed by atoms with E-state index in [0.717, 1.165) is 0 Å². The summed E-state index contributed by atoms with van der Waals surface area (Å²) in [6, 6.07) is 6.89. The van der Waals surface area contributed by atoms with Crippen molar-refractivity contribution in [3.8, 4) is 16.9 Å². The van der Waals surface area contributed by atoms with Gasteiger partial charge in [-0.05, 0) is 35.7 Å². The lowest BCUT2D eigenvalue weighted by atomic mass is 9.95. The molecule has 0 fully saturated rings. The van der Waals surface area contributed by atoms with Crippen LogP contribution in [-0.2, 0) is 13.5 Å². The molecule has 0 aliphatic heterocycles. The highest BCUT2D eigenvalue weighted by molar-refractivity contribution is 5.95. The van der Waals surface area contributed by atoms with Crippen molar-refractivity contribution in [2.24, 2.45) is 7.05 Å². The predicted molar refractivity (Wildman–Crippen MR) is 87.2 cm³/mol. The number of nitrogens with zero attached hydrogens (tertiary/aromatic N) is 2. The molecule has 3 aromatic rings. The molecule has 0 radical (unpaired) electrons. The van der Waals surface area contributed by atoms with Gasteiger partial charge in [-0.2, -0.15) is 0 Å². The molecule has 1 heterocycles. The van der Waals surface area contributed by atoms with E-state index in [1.807, 2.05) is 0 Å². The molecule has 0 N–H and O–H groups in total. The second-order valence-electron chi connectivity index (χ2n) is 5.78. The van der Waals surface area contributed by atoms with Gasteiger partial charge < -0.3 is 9.30 Å². The van der Waals surface area contributed by atoms with Gasteiger partial charge in [0, 0.05) is 18.2 Å². The summed E-state index contributed by atoms with van der Waals surface area (Å²) in [4.78, 5) is 4.21. The van der Waals surface area contributed by atoms with Crippen LogP contribution in [0, 0.1) is 0 Å². The van der Waals surface area contributed by atoms with E-state index in [0.29, 0.717) is 34.1 Å². The Hall–Kier alpha value is -2.64.